The van der Waals surface area contributed by atoms with Crippen molar-refractivity contribution in [3.63, 3.8) is 0 Å². The first-order chi connectivity index (χ1) is 8.15. The number of ketones is 1. The largest absolute Gasteiger partial charge is 0.485 e. The lowest BCUT2D eigenvalue weighted by atomic mass is 10.3. The van der Waals surface area contributed by atoms with Gasteiger partial charge in [-0.25, -0.2) is 0 Å². The molecule has 0 fully saturated rings. The summed E-state index contributed by atoms with van der Waals surface area (Å²) in [6.07, 6.45) is 0. The standard InChI is InChI=1S/C12H8ClIO2S/c13-12-5-4-11(17-12)10(15)7-16-9-3-1-2-8(14)6-9/h1-6H,7H2. The molecule has 1 aromatic heterocycles. The molecular weight excluding hydrogens is 371 g/mol. The van der Waals surface area contributed by atoms with Gasteiger partial charge in [0.1, 0.15) is 5.75 Å². The van der Waals surface area contributed by atoms with Crippen molar-refractivity contribution in [1.29, 1.82) is 0 Å². The highest BCUT2D eigenvalue weighted by atomic mass is 127. The maximum Gasteiger partial charge on any atom is 0.210 e. The Morgan fingerprint density at radius 1 is 1.35 bits per heavy atom. The summed E-state index contributed by atoms with van der Waals surface area (Å²) in [5.74, 6) is 0.647. The fraction of sp³-hybridized carbons (Fsp3) is 0.0833. The molecule has 0 aliphatic rings. The summed E-state index contributed by atoms with van der Waals surface area (Å²) in [6, 6.07) is 11.0. The Bertz CT molecular complexity index is 539. The van der Waals surface area contributed by atoms with Gasteiger partial charge in [-0.05, 0) is 52.9 Å². The van der Waals surface area contributed by atoms with Gasteiger partial charge in [-0.15, -0.1) is 11.3 Å². The summed E-state index contributed by atoms with van der Waals surface area (Å²) in [7, 11) is 0. The van der Waals surface area contributed by atoms with Gasteiger partial charge in [-0.2, -0.15) is 0 Å². The minimum Gasteiger partial charge on any atom is -0.485 e. The summed E-state index contributed by atoms with van der Waals surface area (Å²) in [4.78, 5) is 12.4. The molecule has 0 saturated heterocycles. The summed E-state index contributed by atoms with van der Waals surface area (Å²) >= 11 is 9.23. The Morgan fingerprint density at radius 2 is 2.18 bits per heavy atom. The van der Waals surface area contributed by atoms with Crippen LogP contribution in [0.5, 0.6) is 5.75 Å². The molecule has 1 aromatic carbocycles. The number of ether oxygens (including phenoxy) is 1. The summed E-state index contributed by atoms with van der Waals surface area (Å²) in [5, 5.41) is 0. The molecule has 0 spiro atoms. The zero-order valence-corrected chi connectivity index (χ0v) is 12.4. The number of carbonyl (C=O) groups excluding carboxylic acids is 1. The second-order valence-electron chi connectivity index (χ2n) is 3.27. The molecule has 5 heteroatoms. The number of rotatable bonds is 4. The molecule has 0 atom stereocenters. The predicted molar refractivity (Wildman–Crippen MR) is 78.3 cm³/mol. The van der Waals surface area contributed by atoms with E-state index < -0.39 is 0 Å². The molecule has 0 bridgehead atoms. The first-order valence-electron chi connectivity index (χ1n) is 4.82. The van der Waals surface area contributed by atoms with E-state index in [0.717, 1.165) is 3.57 Å². The van der Waals surface area contributed by atoms with Crippen LogP contribution in [0, 0.1) is 3.57 Å². The monoisotopic (exact) mass is 378 g/mol. The molecule has 2 rings (SSSR count). The van der Waals surface area contributed by atoms with Crippen LogP contribution in [0.1, 0.15) is 9.67 Å². The fourth-order valence-corrected chi connectivity index (χ4v) is 2.72. The first-order valence-corrected chi connectivity index (χ1v) is 7.09. The van der Waals surface area contributed by atoms with E-state index in [1.54, 1.807) is 12.1 Å². The number of carbonyl (C=O) groups is 1. The van der Waals surface area contributed by atoms with Gasteiger partial charge in [-0.1, -0.05) is 17.7 Å². The first kappa shape index (κ1) is 12.9. The Kier molecular flexibility index (Phi) is 4.42. The zero-order chi connectivity index (χ0) is 12.3. The Morgan fingerprint density at radius 3 is 2.82 bits per heavy atom. The number of hydrogen-bond acceptors (Lipinski definition) is 3. The van der Waals surface area contributed by atoms with Crippen molar-refractivity contribution in [2.45, 2.75) is 0 Å². The van der Waals surface area contributed by atoms with Crippen LogP contribution < -0.4 is 4.74 Å². The molecule has 0 N–H and O–H groups in total. The number of halogens is 2. The quantitative estimate of drug-likeness (QED) is 0.587. The molecule has 0 saturated carbocycles. The van der Waals surface area contributed by atoms with Gasteiger partial charge in [0, 0.05) is 3.57 Å². The maximum absolute atomic E-state index is 11.7. The van der Waals surface area contributed by atoms with E-state index in [4.69, 9.17) is 16.3 Å². The van der Waals surface area contributed by atoms with Crippen molar-refractivity contribution in [2.24, 2.45) is 0 Å². The van der Waals surface area contributed by atoms with Gasteiger partial charge in [0.05, 0.1) is 9.21 Å². The smallest absolute Gasteiger partial charge is 0.210 e. The van der Waals surface area contributed by atoms with Crippen LogP contribution in [0.15, 0.2) is 36.4 Å². The molecule has 0 amide bonds. The topological polar surface area (TPSA) is 26.3 Å². The Hall–Kier alpha value is -0.590. The van der Waals surface area contributed by atoms with Gasteiger partial charge in [0.15, 0.2) is 6.61 Å². The van der Waals surface area contributed by atoms with Crippen molar-refractivity contribution >= 4 is 51.3 Å². The Balaban J connectivity index is 1.97. The zero-order valence-electron chi connectivity index (χ0n) is 8.65. The van der Waals surface area contributed by atoms with E-state index >= 15 is 0 Å². The fourth-order valence-electron chi connectivity index (χ4n) is 1.24. The molecular formula is C12H8ClIO2S. The highest BCUT2D eigenvalue weighted by molar-refractivity contribution is 14.1. The van der Waals surface area contributed by atoms with Crippen molar-refractivity contribution < 1.29 is 9.53 Å². The highest BCUT2D eigenvalue weighted by Gasteiger charge is 2.09. The summed E-state index contributed by atoms with van der Waals surface area (Å²) in [5.41, 5.74) is 0. The van der Waals surface area contributed by atoms with E-state index in [2.05, 4.69) is 22.6 Å². The molecule has 88 valence electrons. The summed E-state index contributed by atoms with van der Waals surface area (Å²) < 4.78 is 7.11. The molecule has 0 aliphatic carbocycles. The lowest BCUT2D eigenvalue weighted by Crippen LogP contribution is -2.09. The van der Waals surface area contributed by atoms with E-state index in [1.165, 1.54) is 11.3 Å². The minimum absolute atomic E-state index is 0.0386. The van der Waals surface area contributed by atoms with Crippen LogP contribution >= 0.6 is 45.5 Å². The summed E-state index contributed by atoms with van der Waals surface area (Å²) in [6.45, 7) is 0.0386. The third kappa shape index (κ3) is 3.69. The molecule has 0 unspecified atom stereocenters. The lowest BCUT2D eigenvalue weighted by molar-refractivity contribution is 0.0925. The van der Waals surface area contributed by atoms with E-state index in [9.17, 15) is 4.79 Å². The van der Waals surface area contributed by atoms with Gasteiger partial charge in [0.2, 0.25) is 5.78 Å². The van der Waals surface area contributed by atoms with E-state index in [1.807, 2.05) is 24.3 Å². The van der Waals surface area contributed by atoms with Crippen molar-refractivity contribution in [2.75, 3.05) is 6.61 Å². The number of benzene rings is 1. The Labute approximate surface area is 122 Å². The number of hydrogen-bond donors (Lipinski definition) is 0. The molecule has 0 aliphatic heterocycles. The van der Waals surface area contributed by atoms with Crippen molar-refractivity contribution in [3.05, 3.63) is 49.2 Å². The molecule has 2 nitrogen and oxygen atoms in total. The SMILES string of the molecule is O=C(COc1cccc(I)c1)c1ccc(Cl)s1. The second-order valence-corrected chi connectivity index (χ2v) is 6.23. The average Bonchev–Trinajstić information content (AvgIpc) is 2.73. The van der Waals surface area contributed by atoms with Crippen LogP contribution in [0.3, 0.4) is 0 Å². The van der Waals surface area contributed by atoms with Crippen LogP contribution in [-0.2, 0) is 0 Å². The van der Waals surface area contributed by atoms with E-state index in [0.29, 0.717) is 15.0 Å². The van der Waals surface area contributed by atoms with Gasteiger partial charge in [0.25, 0.3) is 0 Å². The van der Waals surface area contributed by atoms with Crippen LogP contribution in [-0.4, -0.2) is 12.4 Å². The molecule has 17 heavy (non-hydrogen) atoms. The molecule has 0 radical (unpaired) electrons. The third-order valence-electron chi connectivity index (χ3n) is 2.01. The highest BCUT2D eigenvalue weighted by Crippen LogP contribution is 2.22. The van der Waals surface area contributed by atoms with Crippen LogP contribution in [0.25, 0.3) is 0 Å². The van der Waals surface area contributed by atoms with Crippen molar-refractivity contribution in [3.8, 4) is 5.75 Å². The van der Waals surface area contributed by atoms with E-state index in [-0.39, 0.29) is 12.4 Å². The third-order valence-corrected chi connectivity index (χ3v) is 3.96. The maximum atomic E-state index is 11.7. The normalized spacial score (nSPS) is 10.2. The van der Waals surface area contributed by atoms with Crippen LogP contribution in [0.2, 0.25) is 4.34 Å². The van der Waals surface area contributed by atoms with Gasteiger partial charge in [-0.3, -0.25) is 4.79 Å². The van der Waals surface area contributed by atoms with Crippen molar-refractivity contribution in [1.82, 2.24) is 0 Å². The second kappa shape index (κ2) is 5.84. The molecule has 2 aromatic rings. The lowest BCUT2D eigenvalue weighted by Gasteiger charge is -2.04. The van der Waals surface area contributed by atoms with Crippen LogP contribution in [0.4, 0.5) is 0 Å². The van der Waals surface area contributed by atoms with Gasteiger partial charge < -0.3 is 4.74 Å². The predicted octanol–water partition coefficient (Wildman–Crippen LogP) is 4.27. The minimum atomic E-state index is -0.0549. The number of Topliss-reactive ketones (excluding diaryl/α,β-unsaturated/α-hetero) is 1. The number of thiophene rings is 1. The van der Waals surface area contributed by atoms with Gasteiger partial charge >= 0.3 is 0 Å². The average molecular weight is 379 g/mol. The molecule has 1 heterocycles.